The summed E-state index contributed by atoms with van der Waals surface area (Å²) in [7, 11) is 1.81. The summed E-state index contributed by atoms with van der Waals surface area (Å²) >= 11 is 0. The highest BCUT2D eigenvalue weighted by Crippen LogP contribution is 2.28. The van der Waals surface area contributed by atoms with E-state index in [2.05, 4.69) is 11.4 Å². The summed E-state index contributed by atoms with van der Waals surface area (Å²) in [5.41, 5.74) is 3.32. The summed E-state index contributed by atoms with van der Waals surface area (Å²) in [4.78, 5) is 13.2. The van der Waals surface area contributed by atoms with Crippen LogP contribution in [0, 0.1) is 0 Å². The minimum absolute atomic E-state index is 0.00612. The zero-order valence-electron chi connectivity index (χ0n) is 9.36. The van der Waals surface area contributed by atoms with Crippen LogP contribution in [-0.2, 0) is 17.6 Å². The summed E-state index contributed by atoms with van der Waals surface area (Å²) in [5, 5.41) is 11.5. The van der Waals surface area contributed by atoms with Crippen LogP contribution in [0.15, 0.2) is 18.2 Å². The number of likely N-dealkylation sites (N-methyl/N-ethyl adjacent to an activating group) is 1. The van der Waals surface area contributed by atoms with Gasteiger partial charge in [-0.1, -0.05) is 12.1 Å². The maximum atomic E-state index is 11.5. The van der Waals surface area contributed by atoms with Crippen molar-refractivity contribution in [2.45, 2.75) is 12.8 Å². The molecule has 1 aromatic rings. The molecule has 0 atom stereocenters. The maximum absolute atomic E-state index is 11.5. The number of hydrogen-bond acceptors (Lipinski definition) is 3. The van der Waals surface area contributed by atoms with E-state index in [1.807, 2.05) is 12.1 Å². The van der Waals surface area contributed by atoms with Crippen LogP contribution in [-0.4, -0.2) is 31.3 Å². The second-order valence-corrected chi connectivity index (χ2v) is 4.00. The summed E-state index contributed by atoms with van der Waals surface area (Å²) < 4.78 is 0. The number of hydrogen-bond donors (Lipinski definition) is 2. The fourth-order valence-electron chi connectivity index (χ4n) is 1.99. The molecule has 0 saturated carbocycles. The quantitative estimate of drug-likeness (QED) is 0.566. The molecule has 0 unspecified atom stereocenters. The molecule has 1 heterocycles. The van der Waals surface area contributed by atoms with Gasteiger partial charge in [-0.2, -0.15) is 0 Å². The third kappa shape index (κ3) is 2.08. The van der Waals surface area contributed by atoms with Crippen LogP contribution in [0.3, 0.4) is 0 Å². The highest BCUT2D eigenvalue weighted by molar-refractivity contribution is 6.00. The molecule has 0 bridgehead atoms. The second-order valence-electron chi connectivity index (χ2n) is 4.00. The lowest BCUT2D eigenvalue weighted by Crippen LogP contribution is -2.20. The Morgan fingerprint density at radius 1 is 1.50 bits per heavy atom. The number of nitrogens with zero attached hydrogens (tertiary/aromatic N) is 1. The normalized spacial score (nSPS) is 14.4. The number of amides is 1. The summed E-state index contributed by atoms with van der Waals surface area (Å²) in [5.74, 6) is 0.153. The van der Waals surface area contributed by atoms with Gasteiger partial charge in [-0.15, -0.1) is 0 Å². The molecule has 86 valence electrons. The molecular formula is C12H16N2O2. The lowest BCUT2D eigenvalue weighted by molar-refractivity contribution is -0.117. The molecule has 16 heavy (non-hydrogen) atoms. The van der Waals surface area contributed by atoms with Crippen molar-refractivity contribution in [1.29, 1.82) is 0 Å². The van der Waals surface area contributed by atoms with E-state index in [9.17, 15) is 4.79 Å². The lowest BCUT2D eigenvalue weighted by atomic mass is 10.1. The molecule has 0 aliphatic carbocycles. The topological polar surface area (TPSA) is 52.6 Å². The first-order chi connectivity index (χ1) is 7.72. The van der Waals surface area contributed by atoms with Crippen molar-refractivity contribution in [2.24, 2.45) is 0 Å². The van der Waals surface area contributed by atoms with Crippen LogP contribution in [0.25, 0.3) is 0 Å². The van der Waals surface area contributed by atoms with Crippen molar-refractivity contribution in [2.75, 3.05) is 25.2 Å². The summed E-state index contributed by atoms with van der Waals surface area (Å²) in [6, 6.07) is 6.11. The van der Waals surface area contributed by atoms with E-state index >= 15 is 0 Å². The minimum atomic E-state index is 0.00612. The van der Waals surface area contributed by atoms with Gasteiger partial charge in [0.2, 0.25) is 5.91 Å². The Bertz CT molecular complexity index is 404. The van der Waals surface area contributed by atoms with Gasteiger partial charge in [-0.05, 0) is 23.6 Å². The van der Waals surface area contributed by atoms with Gasteiger partial charge in [0, 0.05) is 19.3 Å². The Balaban J connectivity index is 2.09. The molecule has 0 saturated heterocycles. The highest BCUT2D eigenvalue weighted by atomic mass is 16.3. The minimum Gasteiger partial charge on any atom is -0.381 e. The Hall–Kier alpha value is -1.39. The Labute approximate surface area is 94.9 Å². The van der Waals surface area contributed by atoms with Gasteiger partial charge in [0.1, 0.15) is 0 Å². The number of nitrogens with one attached hydrogen (secondary N) is 1. The van der Waals surface area contributed by atoms with E-state index in [0.29, 0.717) is 6.42 Å². The number of carbonyl (C=O) groups is 1. The first kappa shape index (κ1) is 11.1. The number of carbonyl (C=O) groups excluding carboxylic acids is 1. The average Bonchev–Trinajstić information content (AvgIpc) is 2.55. The molecule has 1 aromatic carbocycles. The van der Waals surface area contributed by atoms with E-state index in [0.717, 1.165) is 24.2 Å². The van der Waals surface area contributed by atoms with Crippen molar-refractivity contribution in [3.63, 3.8) is 0 Å². The fourth-order valence-corrected chi connectivity index (χ4v) is 1.99. The molecule has 0 spiro atoms. The number of fused-ring (bicyclic) bond motifs is 1. The first-order valence-corrected chi connectivity index (χ1v) is 5.42. The zero-order chi connectivity index (χ0) is 11.5. The molecule has 4 heteroatoms. The van der Waals surface area contributed by atoms with Gasteiger partial charge < -0.3 is 10.0 Å². The van der Waals surface area contributed by atoms with Crippen molar-refractivity contribution < 1.29 is 9.90 Å². The van der Waals surface area contributed by atoms with Gasteiger partial charge in [-0.3, -0.25) is 10.1 Å². The molecule has 1 aliphatic rings. The number of anilines is 1. The SMILES string of the molecule is CN1C(=O)Cc2cc(CCNCO)ccc21. The van der Waals surface area contributed by atoms with Crippen LogP contribution in [0.4, 0.5) is 5.69 Å². The average molecular weight is 220 g/mol. The van der Waals surface area contributed by atoms with Crippen LogP contribution in [0.5, 0.6) is 0 Å². The number of aliphatic hydroxyl groups excluding tert-OH is 1. The molecule has 2 rings (SSSR count). The number of benzene rings is 1. The largest absolute Gasteiger partial charge is 0.381 e. The Kier molecular flexibility index (Phi) is 3.22. The zero-order valence-corrected chi connectivity index (χ0v) is 9.36. The monoisotopic (exact) mass is 220 g/mol. The van der Waals surface area contributed by atoms with Crippen molar-refractivity contribution in [1.82, 2.24) is 5.32 Å². The lowest BCUT2D eigenvalue weighted by Gasteiger charge is -2.10. The standard InChI is InChI=1S/C12H16N2O2/c1-14-11-3-2-9(4-5-13-8-15)6-10(11)7-12(14)16/h2-3,6,13,15H,4-5,7-8H2,1H3. The van der Waals surface area contributed by atoms with Gasteiger partial charge in [-0.25, -0.2) is 0 Å². The van der Waals surface area contributed by atoms with Gasteiger partial charge in [0.15, 0.2) is 0 Å². The van der Waals surface area contributed by atoms with E-state index in [-0.39, 0.29) is 12.6 Å². The third-order valence-corrected chi connectivity index (χ3v) is 2.92. The molecule has 0 radical (unpaired) electrons. The summed E-state index contributed by atoms with van der Waals surface area (Å²) in [6.07, 6.45) is 1.37. The smallest absolute Gasteiger partial charge is 0.231 e. The van der Waals surface area contributed by atoms with Crippen LogP contribution >= 0.6 is 0 Å². The molecule has 0 aromatic heterocycles. The molecular weight excluding hydrogens is 204 g/mol. The van der Waals surface area contributed by atoms with Crippen molar-refractivity contribution >= 4 is 11.6 Å². The predicted octanol–water partition coefficient (Wildman–Crippen LogP) is 0.287. The number of rotatable bonds is 4. The van der Waals surface area contributed by atoms with E-state index in [1.165, 1.54) is 5.56 Å². The second kappa shape index (κ2) is 4.63. The van der Waals surface area contributed by atoms with Crippen LogP contribution < -0.4 is 10.2 Å². The number of aliphatic hydroxyl groups is 1. The molecule has 1 aliphatic heterocycles. The van der Waals surface area contributed by atoms with Crippen LogP contribution in [0.1, 0.15) is 11.1 Å². The van der Waals surface area contributed by atoms with E-state index in [1.54, 1.807) is 11.9 Å². The van der Waals surface area contributed by atoms with E-state index < -0.39 is 0 Å². The fraction of sp³-hybridized carbons (Fsp3) is 0.417. The molecule has 4 nitrogen and oxygen atoms in total. The predicted molar refractivity (Wildman–Crippen MR) is 62.3 cm³/mol. The first-order valence-electron chi connectivity index (χ1n) is 5.42. The molecule has 0 fully saturated rings. The van der Waals surface area contributed by atoms with E-state index in [4.69, 9.17) is 5.11 Å². The Morgan fingerprint density at radius 3 is 3.06 bits per heavy atom. The van der Waals surface area contributed by atoms with Gasteiger partial charge in [0.05, 0.1) is 13.2 Å². The van der Waals surface area contributed by atoms with Crippen LogP contribution in [0.2, 0.25) is 0 Å². The highest BCUT2D eigenvalue weighted by Gasteiger charge is 2.23. The molecule has 1 amide bonds. The van der Waals surface area contributed by atoms with Crippen molar-refractivity contribution in [3.8, 4) is 0 Å². The van der Waals surface area contributed by atoms with Crippen molar-refractivity contribution in [3.05, 3.63) is 29.3 Å². The third-order valence-electron chi connectivity index (χ3n) is 2.92. The van der Waals surface area contributed by atoms with Gasteiger partial charge in [0.25, 0.3) is 0 Å². The maximum Gasteiger partial charge on any atom is 0.231 e. The Morgan fingerprint density at radius 2 is 2.31 bits per heavy atom. The molecule has 2 N–H and O–H groups in total. The summed E-state index contributed by atoms with van der Waals surface area (Å²) in [6.45, 7) is 0.755. The van der Waals surface area contributed by atoms with Gasteiger partial charge >= 0.3 is 0 Å².